The number of aromatic nitrogens is 2. The SMILES string of the molecule is COC(=O)CCc1c(-c2ccsc2)n[nH]c1C. The van der Waals surface area contributed by atoms with Crippen LogP contribution in [0.25, 0.3) is 11.3 Å². The maximum absolute atomic E-state index is 11.2. The highest BCUT2D eigenvalue weighted by Gasteiger charge is 2.14. The molecule has 0 aliphatic carbocycles. The lowest BCUT2D eigenvalue weighted by Gasteiger charge is -2.02. The van der Waals surface area contributed by atoms with Gasteiger partial charge in [-0.1, -0.05) is 0 Å². The Kier molecular flexibility index (Phi) is 3.58. The summed E-state index contributed by atoms with van der Waals surface area (Å²) in [6, 6.07) is 2.03. The van der Waals surface area contributed by atoms with Crippen LogP contribution in [-0.2, 0) is 16.0 Å². The molecule has 0 spiro atoms. The van der Waals surface area contributed by atoms with Gasteiger partial charge in [0.25, 0.3) is 0 Å². The predicted molar refractivity (Wildman–Crippen MR) is 67.0 cm³/mol. The van der Waals surface area contributed by atoms with Gasteiger partial charge in [0, 0.05) is 28.6 Å². The van der Waals surface area contributed by atoms with Crippen molar-refractivity contribution in [1.82, 2.24) is 10.2 Å². The molecular formula is C12H14N2O2S. The van der Waals surface area contributed by atoms with Crippen molar-refractivity contribution in [3.05, 3.63) is 28.1 Å². The number of carbonyl (C=O) groups is 1. The highest BCUT2D eigenvalue weighted by molar-refractivity contribution is 7.08. The van der Waals surface area contributed by atoms with E-state index in [1.807, 2.05) is 18.4 Å². The van der Waals surface area contributed by atoms with Gasteiger partial charge in [-0.25, -0.2) is 0 Å². The lowest BCUT2D eigenvalue weighted by molar-refractivity contribution is -0.140. The van der Waals surface area contributed by atoms with Crippen LogP contribution in [0.5, 0.6) is 0 Å². The van der Waals surface area contributed by atoms with Crippen LogP contribution < -0.4 is 0 Å². The number of hydrogen-bond acceptors (Lipinski definition) is 4. The summed E-state index contributed by atoms with van der Waals surface area (Å²) in [6.07, 6.45) is 1.04. The number of methoxy groups -OCH3 is 1. The Balaban J connectivity index is 2.21. The van der Waals surface area contributed by atoms with Gasteiger partial charge in [-0.2, -0.15) is 16.4 Å². The molecule has 4 nitrogen and oxygen atoms in total. The number of H-pyrrole nitrogens is 1. The number of hydrogen-bond donors (Lipinski definition) is 1. The number of nitrogens with zero attached hydrogens (tertiary/aromatic N) is 1. The van der Waals surface area contributed by atoms with E-state index in [0.29, 0.717) is 12.8 Å². The van der Waals surface area contributed by atoms with E-state index >= 15 is 0 Å². The maximum atomic E-state index is 11.2. The summed E-state index contributed by atoms with van der Waals surface area (Å²) < 4.78 is 4.65. The zero-order valence-electron chi connectivity index (χ0n) is 9.82. The molecule has 2 heterocycles. The summed E-state index contributed by atoms with van der Waals surface area (Å²) in [5.74, 6) is -0.193. The highest BCUT2D eigenvalue weighted by atomic mass is 32.1. The Morgan fingerprint density at radius 1 is 1.59 bits per heavy atom. The summed E-state index contributed by atoms with van der Waals surface area (Å²) in [6.45, 7) is 1.97. The molecule has 0 aromatic carbocycles. The monoisotopic (exact) mass is 250 g/mol. The zero-order chi connectivity index (χ0) is 12.3. The second-order valence-electron chi connectivity index (χ2n) is 3.76. The Hall–Kier alpha value is -1.62. The third-order valence-corrected chi connectivity index (χ3v) is 3.36. The average Bonchev–Trinajstić information content (AvgIpc) is 2.95. The Labute approximate surface area is 104 Å². The minimum Gasteiger partial charge on any atom is -0.469 e. The van der Waals surface area contributed by atoms with Crippen LogP contribution in [0.3, 0.4) is 0 Å². The first kappa shape index (κ1) is 11.9. The van der Waals surface area contributed by atoms with Crippen LogP contribution in [0.2, 0.25) is 0 Å². The maximum Gasteiger partial charge on any atom is 0.305 e. The van der Waals surface area contributed by atoms with Crippen LogP contribution in [0.15, 0.2) is 16.8 Å². The fraction of sp³-hybridized carbons (Fsp3) is 0.333. The minimum atomic E-state index is -0.193. The molecule has 0 amide bonds. The number of rotatable bonds is 4. The van der Waals surface area contributed by atoms with Crippen LogP contribution >= 0.6 is 11.3 Å². The predicted octanol–water partition coefficient (Wildman–Crippen LogP) is 2.55. The lowest BCUT2D eigenvalue weighted by Crippen LogP contribution is -2.02. The molecule has 17 heavy (non-hydrogen) atoms. The largest absolute Gasteiger partial charge is 0.469 e. The second-order valence-corrected chi connectivity index (χ2v) is 4.54. The van der Waals surface area contributed by atoms with Crippen molar-refractivity contribution in [3.8, 4) is 11.3 Å². The van der Waals surface area contributed by atoms with Crippen molar-refractivity contribution in [3.63, 3.8) is 0 Å². The van der Waals surface area contributed by atoms with Gasteiger partial charge < -0.3 is 4.74 Å². The highest BCUT2D eigenvalue weighted by Crippen LogP contribution is 2.26. The van der Waals surface area contributed by atoms with Gasteiger partial charge in [0.2, 0.25) is 0 Å². The molecular weight excluding hydrogens is 236 g/mol. The fourth-order valence-corrected chi connectivity index (χ4v) is 2.37. The summed E-state index contributed by atoms with van der Waals surface area (Å²) in [5.41, 5.74) is 4.13. The van der Waals surface area contributed by atoms with Crippen LogP contribution in [0.1, 0.15) is 17.7 Å². The van der Waals surface area contributed by atoms with Crippen LogP contribution in [0.4, 0.5) is 0 Å². The summed E-state index contributed by atoms with van der Waals surface area (Å²) in [5, 5.41) is 11.3. The van der Waals surface area contributed by atoms with E-state index in [2.05, 4.69) is 20.3 Å². The molecule has 0 fully saturated rings. The molecule has 5 heteroatoms. The van der Waals surface area contributed by atoms with E-state index in [4.69, 9.17) is 0 Å². The Morgan fingerprint density at radius 2 is 2.41 bits per heavy atom. The van der Waals surface area contributed by atoms with Crippen molar-refractivity contribution in [2.24, 2.45) is 0 Å². The van der Waals surface area contributed by atoms with Gasteiger partial charge in [0.15, 0.2) is 0 Å². The van der Waals surface area contributed by atoms with E-state index in [1.54, 1.807) is 11.3 Å². The third kappa shape index (κ3) is 2.55. The molecule has 0 saturated carbocycles. The van der Waals surface area contributed by atoms with Crippen molar-refractivity contribution >= 4 is 17.3 Å². The van der Waals surface area contributed by atoms with Gasteiger partial charge in [-0.3, -0.25) is 9.89 Å². The second kappa shape index (κ2) is 5.14. The fourth-order valence-electron chi connectivity index (χ4n) is 1.73. The molecule has 1 N–H and O–H groups in total. The minimum absolute atomic E-state index is 0.193. The zero-order valence-corrected chi connectivity index (χ0v) is 10.6. The van der Waals surface area contributed by atoms with E-state index in [9.17, 15) is 4.79 Å². The summed E-state index contributed by atoms with van der Waals surface area (Å²) in [4.78, 5) is 11.2. The van der Waals surface area contributed by atoms with Crippen molar-refractivity contribution in [1.29, 1.82) is 0 Å². The van der Waals surface area contributed by atoms with Crippen molar-refractivity contribution in [2.45, 2.75) is 19.8 Å². The van der Waals surface area contributed by atoms with E-state index in [-0.39, 0.29) is 5.97 Å². The summed E-state index contributed by atoms with van der Waals surface area (Å²) >= 11 is 1.64. The van der Waals surface area contributed by atoms with Crippen LogP contribution in [0, 0.1) is 6.92 Å². The smallest absolute Gasteiger partial charge is 0.305 e. The molecule has 2 aromatic heterocycles. The molecule has 0 aliphatic rings. The van der Waals surface area contributed by atoms with E-state index in [0.717, 1.165) is 22.5 Å². The number of aromatic amines is 1. The lowest BCUT2D eigenvalue weighted by atomic mass is 10.0. The molecule has 0 atom stereocenters. The third-order valence-electron chi connectivity index (χ3n) is 2.68. The van der Waals surface area contributed by atoms with Crippen molar-refractivity contribution in [2.75, 3.05) is 7.11 Å². The van der Waals surface area contributed by atoms with Gasteiger partial charge >= 0.3 is 5.97 Å². The quantitative estimate of drug-likeness (QED) is 0.848. The number of nitrogens with one attached hydrogen (secondary N) is 1. The normalized spacial score (nSPS) is 10.5. The Bertz CT molecular complexity index is 503. The molecule has 0 bridgehead atoms. The van der Waals surface area contributed by atoms with Crippen molar-refractivity contribution < 1.29 is 9.53 Å². The van der Waals surface area contributed by atoms with Gasteiger partial charge in [-0.15, -0.1) is 0 Å². The molecule has 0 radical (unpaired) electrons. The number of ether oxygens (including phenoxy) is 1. The molecule has 0 unspecified atom stereocenters. The first-order chi connectivity index (χ1) is 8.22. The number of thiophene rings is 1. The first-order valence-electron chi connectivity index (χ1n) is 5.35. The van der Waals surface area contributed by atoms with E-state index in [1.165, 1.54) is 7.11 Å². The summed E-state index contributed by atoms with van der Waals surface area (Å²) in [7, 11) is 1.41. The standard InChI is InChI=1S/C12H14N2O2S/c1-8-10(3-4-11(15)16-2)12(14-13-8)9-5-6-17-7-9/h5-7H,3-4H2,1-2H3,(H,13,14). The molecule has 2 aromatic rings. The van der Waals surface area contributed by atoms with E-state index < -0.39 is 0 Å². The van der Waals surface area contributed by atoms with Crippen LogP contribution in [-0.4, -0.2) is 23.3 Å². The number of aryl methyl sites for hydroxylation is 1. The average molecular weight is 250 g/mol. The molecule has 0 aliphatic heterocycles. The van der Waals surface area contributed by atoms with Gasteiger partial charge in [0.1, 0.15) is 0 Å². The number of esters is 1. The van der Waals surface area contributed by atoms with Gasteiger partial charge in [0.05, 0.1) is 12.8 Å². The molecule has 0 saturated heterocycles. The first-order valence-corrected chi connectivity index (χ1v) is 6.30. The number of carbonyl (C=O) groups excluding carboxylic acids is 1. The molecule has 2 rings (SSSR count). The topological polar surface area (TPSA) is 55.0 Å². The molecule has 90 valence electrons. The Morgan fingerprint density at radius 3 is 3.06 bits per heavy atom. The van der Waals surface area contributed by atoms with Gasteiger partial charge in [-0.05, 0) is 24.8 Å².